The lowest BCUT2D eigenvalue weighted by Crippen LogP contribution is -2.34. The van der Waals surface area contributed by atoms with Crippen molar-refractivity contribution in [1.82, 2.24) is 9.97 Å². The van der Waals surface area contributed by atoms with Gasteiger partial charge in [-0.1, -0.05) is 12.1 Å². The Hall–Kier alpha value is -6.18. The maximum Gasteiger partial charge on any atom is 0.307 e. The van der Waals surface area contributed by atoms with Gasteiger partial charge >= 0.3 is 11.9 Å². The molecule has 2 amide bonds. The highest BCUT2D eigenvalue weighted by Gasteiger charge is 2.23. The fraction of sp³-hybridized carbons (Fsp3) is 0.278. The molecule has 0 saturated heterocycles. The van der Waals surface area contributed by atoms with Crippen LogP contribution in [0.2, 0.25) is 0 Å². The van der Waals surface area contributed by atoms with Gasteiger partial charge in [0.2, 0.25) is 0 Å². The van der Waals surface area contributed by atoms with Gasteiger partial charge in [0, 0.05) is 50.7 Å². The number of amides is 2. The molecule has 2 aromatic carbocycles. The second kappa shape index (κ2) is 18.4. The lowest BCUT2D eigenvalue weighted by Gasteiger charge is -2.23. The molecule has 0 unspecified atom stereocenters. The topological polar surface area (TPSA) is 167 Å². The number of hydrazine groups is 1. The van der Waals surface area contributed by atoms with Gasteiger partial charge in [-0.15, -0.1) is 0 Å². The van der Waals surface area contributed by atoms with Crippen LogP contribution in [-0.4, -0.2) is 74.1 Å². The summed E-state index contributed by atoms with van der Waals surface area (Å²) in [6.45, 7) is 4.09. The average Bonchev–Trinajstić information content (AvgIpc) is 3.14. The van der Waals surface area contributed by atoms with Crippen molar-refractivity contribution in [2.75, 3.05) is 71.7 Å². The van der Waals surface area contributed by atoms with Crippen molar-refractivity contribution < 1.29 is 28.7 Å². The van der Waals surface area contributed by atoms with E-state index >= 15 is 0 Å². The van der Waals surface area contributed by atoms with E-state index in [9.17, 15) is 19.2 Å². The van der Waals surface area contributed by atoms with Crippen LogP contribution in [0.25, 0.3) is 0 Å². The minimum absolute atomic E-state index is 0.000139. The fourth-order valence-corrected chi connectivity index (χ4v) is 4.98. The van der Waals surface area contributed by atoms with Crippen LogP contribution in [0.15, 0.2) is 85.2 Å². The Morgan fingerprint density at radius 3 is 1.36 bits per heavy atom. The molecule has 2 aromatic heterocycles. The molecule has 0 atom stereocenters. The molecule has 0 saturated carbocycles. The number of rotatable bonds is 17. The Kier molecular flexibility index (Phi) is 13.5. The van der Waals surface area contributed by atoms with Crippen LogP contribution < -0.4 is 31.3 Å². The summed E-state index contributed by atoms with van der Waals surface area (Å²) in [6, 6.07) is 20.6. The molecule has 0 bridgehead atoms. The molecule has 14 heteroatoms. The van der Waals surface area contributed by atoms with Crippen LogP contribution in [0.5, 0.6) is 0 Å². The predicted molar refractivity (Wildman–Crippen MR) is 194 cm³/mol. The number of carbonyl (C=O) groups is 4. The Morgan fingerprint density at radius 2 is 1.02 bits per heavy atom. The van der Waals surface area contributed by atoms with Crippen molar-refractivity contribution in [2.24, 2.45) is 0 Å². The minimum atomic E-state index is -0.415. The highest BCUT2D eigenvalue weighted by molar-refractivity contribution is 6.08. The number of carbonyl (C=O) groups excluding carboxylic acids is 4. The monoisotopic (exact) mass is 682 g/mol. The second-order valence-electron chi connectivity index (χ2n) is 10.7. The number of anilines is 6. The Morgan fingerprint density at radius 1 is 0.600 bits per heavy atom. The number of aromatic nitrogens is 2. The number of benzene rings is 2. The zero-order valence-electron chi connectivity index (χ0n) is 28.6. The van der Waals surface area contributed by atoms with Crippen LogP contribution in [-0.2, 0) is 19.1 Å². The van der Waals surface area contributed by atoms with Gasteiger partial charge in [-0.3, -0.25) is 39.8 Å². The first kappa shape index (κ1) is 36.7. The molecule has 0 aliphatic heterocycles. The van der Waals surface area contributed by atoms with E-state index in [0.717, 1.165) is 0 Å². The Labute approximate surface area is 291 Å². The standard InChI is InChI=1S/C36H42N8O6/c1-5-49-33(45)17-21-43(31-11-7-9-19-39-31)35(47)25-13-15-27(37-3)29(23-25)41-42-30-24-26(14-16-28(30)38-4)36(48)44(22-18-34(46)50-6-2)32-12-8-10-20-40-32/h7-16,19-20,23-24,37-38,41-42H,5-6,17-18,21-22H2,1-4H3. The van der Waals surface area contributed by atoms with E-state index in [4.69, 9.17) is 9.47 Å². The lowest BCUT2D eigenvalue weighted by molar-refractivity contribution is -0.143. The number of pyridine rings is 2. The summed E-state index contributed by atoms with van der Waals surface area (Å²) in [4.78, 5) is 63.5. The van der Waals surface area contributed by atoms with Gasteiger partial charge in [-0.25, -0.2) is 9.97 Å². The van der Waals surface area contributed by atoms with Crippen molar-refractivity contribution in [3.63, 3.8) is 0 Å². The molecule has 0 fully saturated rings. The Bertz CT molecular complexity index is 1630. The molecule has 4 aromatic rings. The summed E-state index contributed by atoms with van der Waals surface area (Å²) in [5.41, 5.74) is 9.45. The first-order valence-corrected chi connectivity index (χ1v) is 16.2. The van der Waals surface area contributed by atoms with Crippen LogP contribution >= 0.6 is 0 Å². The SMILES string of the molecule is CCOC(=O)CCN(C(=O)c1ccc(NC)c(NNc2cc(C(=O)N(CCC(=O)OCC)c3ccccn3)ccc2NC)c1)c1ccccn1. The molecule has 50 heavy (non-hydrogen) atoms. The molecule has 4 rings (SSSR count). The number of hydrogen-bond donors (Lipinski definition) is 4. The third-order valence-electron chi connectivity index (χ3n) is 7.44. The highest BCUT2D eigenvalue weighted by Crippen LogP contribution is 2.28. The van der Waals surface area contributed by atoms with Crippen LogP contribution in [0.1, 0.15) is 47.4 Å². The first-order chi connectivity index (χ1) is 24.3. The highest BCUT2D eigenvalue weighted by atomic mass is 16.5. The summed E-state index contributed by atoms with van der Waals surface area (Å²) in [7, 11) is 3.50. The molecule has 0 radical (unpaired) electrons. The van der Waals surface area contributed by atoms with Crippen molar-refractivity contribution >= 4 is 58.1 Å². The molecular weight excluding hydrogens is 640 g/mol. The smallest absolute Gasteiger partial charge is 0.307 e. The van der Waals surface area contributed by atoms with E-state index in [1.54, 1.807) is 113 Å². The van der Waals surface area contributed by atoms with Gasteiger partial charge in [-0.05, 0) is 74.5 Å². The van der Waals surface area contributed by atoms with Crippen molar-refractivity contribution in [1.29, 1.82) is 0 Å². The molecule has 0 aliphatic rings. The molecule has 14 nitrogen and oxygen atoms in total. The van der Waals surface area contributed by atoms with Crippen LogP contribution in [0.4, 0.5) is 34.4 Å². The van der Waals surface area contributed by atoms with Gasteiger partial charge in [-0.2, -0.15) is 0 Å². The summed E-state index contributed by atoms with van der Waals surface area (Å²) in [5, 5.41) is 6.23. The molecule has 0 spiro atoms. The molecule has 2 heterocycles. The Balaban J connectivity index is 1.59. The van der Waals surface area contributed by atoms with Gasteiger partial charge in [0.05, 0.1) is 48.8 Å². The summed E-state index contributed by atoms with van der Waals surface area (Å²) in [5.74, 6) is -0.758. The van der Waals surface area contributed by atoms with Gasteiger partial charge in [0.1, 0.15) is 11.6 Å². The van der Waals surface area contributed by atoms with Gasteiger partial charge in [0.25, 0.3) is 11.8 Å². The van der Waals surface area contributed by atoms with Crippen molar-refractivity contribution in [3.05, 3.63) is 96.3 Å². The zero-order valence-corrected chi connectivity index (χ0v) is 28.6. The number of ether oxygens (including phenoxy) is 2. The largest absolute Gasteiger partial charge is 0.466 e. The van der Waals surface area contributed by atoms with E-state index in [1.807, 2.05) is 0 Å². The third kappa shape index (κ3) is 9.69. The van der Waals surface area contributed by atoms with E-state index in [2.05, 4.69) is 31.5 Å². The van der Waals surface area contributed by atoms with Gasteiger partial charge < -0.3 is 20.1 Å². The van der Waals surface area contributed by atoms with E-state index in [1.165, 1.54) is 9.80 Å². The first-order valence-electron chi connectivity index (χ1n) is 16.2. The van der Waals surface area contributed by atoms with E-state index in [-0.39, 0.29) is 51.0 Å². The third-order valence-corrected chi connectivity index (χ3v) is 7.44. The lowest BCUT2D eigenvalue weighted by atomic mass is 10.1. The maximum absolute atomic E-state index is 13.9. The maximum atomic E-state index is 13.9. The van der Waals surface area contributed by atoms with Crippen LogP contribution in [0, 0.1) is 0 Å². The fourth-order valence-electron chi connectivity index (χ4n) is 4.98. The minimum Gasteiger partial charge on any atom is -0.466 e. The van der Waals surface area contributed by atoms with E-state index in [0.29, 0.717) is 45.5 Å². The molecule has 262 valence electrons. The number of nitrogens with one attached hydrogen (secondary N) is 4. The van der Waals surface area contributed by atoms with Crippen LogP contribution in [0.3, 0.4) is 0 Å². The van der Waals surface area contributed by atoms with Crippen molar-refractivity contribution in [3.8, 4) is 0 Å². The average molecular weight is 683 g/mol. The summed E-state index contributed by atoms with van der Waals surface area (Å²) >= 11 is 0. The summed E-state index contributed by atoms with van der Waals surface area (Å²) < 4.78 is 10.1. The van der Waals surface area contributed by atoms with Crippen molar-refractivity contribution in [2.45, 2.75) is 26.7 Å². The quantitative estimate of drug-likeness (QED) is 0.0851. The molecular formula is C36H42N8O6. The number of esters is 2. The normalized spacial score (nSPS) is 10.4. The zero-order chi connectivity index (χ0) is 35.9. The van der Waals surface area contributed by atoms with E-state index < -0.39 is 11.9 Å². The molecule has 4 N–H and O–H groups in total. The van der Waals surface area contributed by atoms with Gasteiger partial charge in [0.15, 0.2) is 0 Å². The summed E-state index contributed by atoms with van der Waals surface area (Å²) in [6.07, 6.45) is 3.16. The predicted octanol–water partition coefficient (Wildman–Crippen LogP) is 5.20. The number of nitrogens with zero attached hydrogens (tertiary/aromatic N) is 4. The number of hydrogen-bond acceptors (Lipinski definition) is 12. The second-order valence-corrected chi connectivity index (χ2v) is 10.7. The molecule has 0 aliphatic carbocycles.